The molecule has 170 valence electrons. The van der Waals surface area contributed by atoms with Gasteiger partial charge in [0, 0.05) is 31.2 Å². The van der Waals surface area contributed by atoms with Crippen molar-refractivity contribution >= 4 is 40.6 Å². The molecule has 3 aromatic carbocycles. The largest absolute Gasteiger partial charge is 0.378 e. The molecule has 1 aliphatic rings. The predicted molar refractivity (Wildman–Crippen MR) is 135 cm³/mol. The Morgan fingerprint density at radius 3 is 2.39 bits per heavy atom. The maximum Gasteiger partial charge on any atom is 0.250 e. The van der Waals surface area contributed by atoms with Crippen LogP contribution in [0.4, 0.5) is 17.1 Å². The second-order valence-electron chi connectivity index (χ2n) is 7.99. The van der Waals surface area contributed by atoms with Crippen LogP contribution in [0.1, 0.15) is 16.5 Å². The van der Waals surface area contributed by atoms with E-state index in [1.165, 1.54) is 0 Å². The number of rotatable bonds is 8. The molecular formula is C26H27N3O3S. The summed E-state index contributed by atoms with van der Waals surface area (Å²) < 4.78 is 5.49. The summed E-state index contributed by atoms with van der Waals surface area (Å²) in [4.78, 5) is 28.7. The zero-order valence-electron chi connectivity index (χ0n) is 18.7. The SMILES string of the molecule is CN(C)c1ccc(N2C(=O)CSC2c2ccc(NC(=O)COCc3ccccc3)cc2)cc1. The van der Waals surface area contributed by atoms with Crippen molar-refractivity contribution in [1.82, 2.24) is 0 Å². The fourth-order valence-electron chi connectivity index (χ4n) is 3.63. The van der Waals surface area contributed by atoms with Crippen molar-refractivity contribution in [1.29, 1.82) is 0 Å². The molecule has 1 heterocycles. The highest BCUT2D eigenvalue weighted by Crippen LogP contribution is 2.42. The molecule has 0 saturated carbocycles. The van der Waals surface area contributed by atoms with Crippen LogP contribution in [0.15, 0.2) is 78.9 Å². The summed E-state index contributed by atoms with van der Waals surface area (Å²) in [6, 6.07) is 25.4. The van der Waals surface area contributed by atoms with E-state index in [1.807, 2.05) is 103 Å². The van der Waals surface area contributed by atoms with Crippen LogP contribution < -0.4 is 15.1 Å². The number of amides is 2. The lowest BCUT2D eigenvalue weighted by Gasteiger charge is -2.25. The average molecular weight is 462 g/mol. The second-order valence-corrected chi connectivity index (χ2v) is 9.06. The third-order valence-electron chi connectivity index (χ3n) is 5.34. The number of anilines is 3. The van der Waals surface area contributed by atoms with Crippen molar-refractivity contribution in [3.8, 4) is 0 Å². The number of hydrogen-bond acceptors (Lipinski definition) is 5. The summed E-state index contributed by atoms with van der Waals surface area (Å²) in [7, 11) is 3.98. The van der Waals surface area contributed by atoms with Crippen LogP contribution >= 0.6 is 11.8 Å². The van der Waals surface area contributed by atoms with E-state index in [-0.39, 0.29) is 23.8 Å². The normalized spacial score (nSPS) is 15.5. The monoisotopic (exact) mass is 461 g/mol. The lowest BCUT2D eigenvalue weighted by atomic mass is 10.1. The molecule has 7 heteroatoms. The van der Waals surface area contributed by atoms with Gasteiger partial charge in [0.25, 0.3) is 0 Å². The van der Waals surface area contributed by atoms with Crippen LogP contribution in [0.2, 0.25) is 0 Å². The molecule has 1 saturated heterocycles. The van der Waals surface area contributed by atoms with Crippen LogP contribution in [-0.2, 0) is 20.9 Å². The third kappa shape index (κ3) is 5.74. The van der Waals surface area contributed by atoms with Gasteiger partial charge in [0.05, 0.1) is 12.4 Å². The molecule has 3 aromatic rings. The number of thioether (sulfide) groups is 1. The van der Waals surface area contributed by atoms with E-state index >= 15 is 0 Å². The molecule has 4 rings (SSSR count). The molecule has 1 N–H and O–H groups in total. The summed E-state index contributed by atoms with van der Waals surface area (Å²) in [5, 5.41) is 2.76. The quantitative estimate of drug-likeness (QED) is 0.528. The topological polar surface area (TPSA) is 61.9 Å². The number of carbonyl (C=O) groups excluding carboxylic acids is 2. The summed E-state index contributed by atoms with van der Waals surface area (Å²) in [6.07, 6.45) is 0. The van der Waals surface area contributed by atoms with E-state index in [4.69, 9.17) is 4.74 Å². The van der Waals surface area contributed by atoms with E-state index in [0.29, 0.717) is 18.0 Å². The van der Waals surface area contributed by atoms with Gasteiger partial charge in [0.1, 0.15) is 12.0 Å². The Kier molecular flexibility index (Phi) is 7.32. The number of carbonyl (C=O) groups is 2. The van der Waals surface area contributed by atoms with E-state index in [2.05, 4.69) is 5.32 Å². The highest BCUT2D eigenvalue weighted by Gasteiger charge is 2.34. The summed E-state index contributed by atoms with van der Waals surface area (Å²) in [6.45, 7) is 0.381. The number of nitrogens with one attached hydrogen (secondary N) is 1. The standard InChI is InChI=1S/C26H27N3O3S/c1-28(2)22-12-14-23(15-13-22)29-25(31)18-33-26(29)20-8-10-21(11-9-20)27-24(30)17-32-16-19-6-4-3-5-7-19/h3-15,26H,16-18H2,1-2H3,(H,27,30). The van der Waals surface area contributed by atoms with Gasteiger partial charge in [-0.15, -0.1) is 11.8 Å². The van der Waals surface area contributed by atoms with E-state index in [9.17, 15) is 9.59 Å². The Hall–Kier alpha value is -3.29. The van der Waals surface area contributed by atoms with Gasteiger partial charge in [0.2, 0.25) is 11.8 Å². The van der Waals surface area contributed by atoms with E-state index in [1.54, 1.807) is 11.8 Å². The zero-order valence-corrected chi connectivity index (χ0v) is 19.5. The first-order valence-electron chi connectivity index (χ1n) is 10.7. The van der Waals surface area contributed by atoms with E-state index < -0.39 is 0 Å². The molecule has 1 unspecified atom stereocenters. The fourth-order valence-corrected chi connectivity index (χ4v) is 4.80. The Morgan fingerprint density at radius 2 is 1.73 bits per heavy atom. The first-order valence-corrected chi connectivity index (χ1v) is 11.8. The lowest BCUT2D eigenvalue weighted by molar-refractivity contribution is -0.121. The van der Waals surface area contributed by atoms with Crippen LogP contribution in [0.3, 0.4) is 0 Å². The molecule has 0 aromatic heterocycles. The Labute approximate surface area is 198 Å². The Morgan fingerprint density at radius 1 is 1.03 bits per heavy atom. The molecule has 0 radical (unpaired) electrons. The number of hydrogen-bond donors (Lipinski definition) is 1. The van der Waals surface area contributed by atoms with Gasteiger partial charge in [-0.1, -0.05) is 42.5 Å². The minimum Gasteiger partial charge on any atom is -0.378 e. The Balaban J connectivity index is 1.36. The van der Waals surface area contributed by atoms with Gasteiger partial charge < -0.3 is 15.0 Å². The second kappa shape index (κ2) is 10.6. The third-order valence-corrected chi connectivity index (χ3v) is 6.55. The summed E-state index contributed by atoms with van der Waals surface area (Å²) >= 11 is 1.60. The Bertz CT molecular complexity index is 1090. The molecule has 0 bridgehead atoms. The molecule has 33 heavy (non-hydrogen) atoms. The predicted octanol–water partition coefficient (Wildman–Crippen LogP) is 4.69. The van der Waals surface area contributed by atoms with Gasteiger partial charge in [0.15, 0.2) is 0 Å². The zero-order chi connectivity index (χ0) is 23.2. The number of ether oxygens (including phenoxy) is 1. The van der Waals surface area contributed by atoms with Gasteiger partial charge in [-0.25, -0.2) is 0 Å². The van der Waals surface area contributed by atoms with Gasteiger partial charge >= 0.3 is 0 Å². The minimum absolute atomic E-state index is 0.0135. The summed E-state index contributed by atoms with van der Waals surface area (Å²) in [5.41, 5.74) is 4.71. The van der Waals surface area contributed by atoms with Crippen molar-refractivity contribution < 1.29 is 14.3 Å². The number of benzene rings is 3. The molecule has 1 fully saturated rings. The van der Waals surface area contributed by atoms with Crippen LogP contribution in [-0.4, -0.2) is 38.3 Å². The molecule has 6 nitrogen and oxygen atoms in total. The van der Waals surface area contributed by atoms with Crippen LogP contribution in [0.5, 0.6) is 0 Å². The first kappa shape index (κ1) is 22.9. The molecule has 0 spiro atoms. The van der Waals surface area contributed by atoms with Gasteiger partial charge in [-0.3, -0.25) is 14.5 Å². The van der Waals surface area contributed by atoms with Crippen molar-refractivity contribution in [2.75, 3.05) is 41.6 Å². The molecule has 1 aliphatic heterocycles. The van der Waals surface area contributed by atoms with Gasteiger partial charge in [-0.2, -0.15) is 0 Å². The average Bonchev–Trinajstić information content (AvgIpc) is 3.21. The maximum absolute atomic E-state index is 12.6. The van der Waals surface area contributed by atoms with Crippen LogP contribution in [0, 0.1) is 0 Å². The van der Waals surface area contributed by atoms with Crippen molar-refractivity contribution in [2.45, 2.75) is 12.0 Å². The van der Waals surface area contributed by atoms with Crippen molar-refractivity contribution in [3.63, 3.8) is 0 Å². The summed E-state index contributed by atoms with van der Waals surface area (Å²) in [5.74, 6) is 0.333. The van der Waals surface area contributed by atoms with Crippen molar-refractivity contribution in [3.05, 3.63) is 90.0 Å². The van der Waals surface area contributed by atoms with Crippen LogP contribution in [0.25, 0.3) is 0 Å². The highest BCUT2D eigenvalue weighted by atomic mass is 32.2. The first-order chi connectivity index (χ1) is 16.0. The maximum atomic E-state index is 12.6. The minimum atomic E-state index is -0.202. The fraction of sp³-hybridized carbons (Fsp3) is 0.231. The molecule has 1 atom stereocenters. The number of nitrogens with zero attached hydrogens (tertiary/aromatic N) is 2. The smallest absolute Gasteiger partial charge is 0.250 e. The van der Waals surface area contributed by atoms with Gasteiger partial charge in [-0.05, 0) is 47.5 Å². The van der Waals surface area contributed by atoms with Crippen molar-refractivity contribution in [2.24, 2.45) is 0 Å². The molecular weight excluding hydrogens is 434 g/mol. The molecule has 2 amide bonds. The van der Waals surface area contributed by atoms with E-state index in [0.717, 1.165) is 22.5 Å². The lowest BCUT2D eigenvalue weighted by Crippen LogP contribution is -2.27. The highest BCUT2D eigenvalue weighted by molar-refractivity contribution is 8.00. The molecule has 0 aliphatic carbocycles.